The number of fused-ring (bicyclic) bond motifs is 4. The van der Waals surface area contributed by atoms with Gasteiger partial charge in [-0.25, -0.2) is 4.79 Å². The van der Waals surface area contributed by atoms with Crippen LogP contribution in [0, 0.1) is 11.8 Å². The van der Waals surface area contributed by atoms with E-state index in [2.05, 4.69) is 29.4 Å². The highest BCUT2D eigenvalue weighted by molar-refractivity contribution is 5.89. The first-order valence-electron chi connectivity index (χ1n) is 11.7. The molecule has 0 aromatic heterocycles. The summed E-state index contributed by atoms with van der Waals surface area (Å²) in [6, 6.07) is 14.9. The van der Waals surface area contributed by atoms with Gasteiger partial charge in [0.2, 0.25) is 5.91 Å². The number of amides is 2. The van der Waals surface area contributed by atoms with Crippen LogP contribution >= 0.6 is 0 Å². The van der Waals surface area contributed by atoms with Crippen molar-refractivity contribution in [2.24, 2.45) is 11.8 Å². The van der Waals surface area contributed by atoms with Gasteiger partial charge in [-0.15, -0.1) is 0 Å². The Morgan fingerprint density at radius 2 is 1.53 bits per heavy atom. The lowest BCUT2D eigenvalue weighted by Crippen LogP contribution is -2.49. The Morgan fingerprint density at radius 3 is 2.09 bits per heavy atom. The number of carboxylic acids is 1. The standard InChI is InChI=1S/C26H29N3O5/c1-28-11-16-13-29(14-17(16)12-28)25(32)23(10-24(30)31)27-26(33)34-15-22-20-8-4-2-6-18(20)19-7-3-5-9-21(19)22/h2-9,16-17,22-23H,10-15H2,1H3,(H,27,33)(H,30,31). The van der Waals surface area contributed by atoms with Crippen LogP contribution in [-0.4, -0.2) is 78.8 Å². The largest absolute Gasteiger partial charge is 0.481 e. The normalized spacial score (nSPS) is 22.1. The molecule has 2 N–H and O–H groups in total. The average Bonchev–Trinajstić information content (AvgIpc) is 3.46. The summed E-state index contributed by atoms with van der Waals surface area (Å²) in [5.41, 5.74) is 4.42. The zero-order valence-electron chi connectivity index (χ0n) is 19.1. The molecular weight excluding hydrogens is 434 g/mol. The maximum atomic E-state index is 13.1. The van der Waals surface area contributed by atoms with Crippen LogP contribution in [0.25, 0.3) is 11.1 Å². The van der Waals surface area contributed by atoms with Crippen LogP contribution < -0.4 is 5.32 Å². The number of alkyl carbamates (subject to hydrolysis) is 1. The second kappa shape index (κ2) is 9.10. The number of carboxylic acid groups (broad SMARTS) is 1. The molecule has 0 spiro atoms. The van der Waals surface area contributed by atoms with E-state index < -0.39 is 24.5 Å². The van der Waals surface area contributed by atoms with Crippen LogP contribution in [0.5, 0.6) is 0 Å². The molecule has 2 aromatic rings. The van der Waals surface area contributed by atoms with Gasteiger partial charge in [0.25, 0.3) is 0 Å². The van der Waals surface area contributed by atoms with Crippen LogP contribution in [-0.2, 0) is 14.3 Å². The third kappa shape index (κ3) is 4.25. The number of nitrogens with one attached hydrogen (secondary N) is 1. The minimum Gasteiger partial charge on any atom is -0.481 e. The fourth-order valence-electron chi connectivity index (χ4n) is 5.79. The van der Waals surface area contributed by atoms with Crippen molar-refractivity contribution in [3.05, 3.63) is 59.7 Å². The van der Waals surface area contributed by atoms with Gasteiger partial charge < -0.3 is 25.0 Å². The molecule has 0 bridgehead atoms. The number of likely N-dealkylation sites (tertiary alicyclic amines) is 2. The van der Waals surface area contributed by atoms with E-state index in [0.29, 0.717) is 24.9 Å². The van der Waals surface area contributed by atoms with E-state index in [1.165, 1.54) is 0 Å². The van der Waals surface area contributed by atoms with Crippen LogP contribution in [0.4, 0.5) is 4.79 Å². The van der Waals surface area contributed by atoms with Crippen molar-refractivity contribution in [2.75, 3.05) is 39.8 Å². The van der Waals surface area contributed by atoms with E-state index in [1.54, 1.807) is 4.90 Å². The summed E-state index contributed by atoms with van der Waals surface area (Å²) in [7, 11) is 2.07. The van der Waals surface area contributed by atoms with Crippen molar-refractivity contribution >= 4 is 18.0 Å². The van der Waals surface area contributed by atoms with Gasteiger partial charge in [0, 0.05) is 32.1 Å². The van der Waals surface area contributed by atoms with Gasteiger partial charge in [0.15, 0.2) is 0 Å². The molecule has 0 saturated carbocycles. The lowest BCUT2D eigenvalue weighted by molar-refractivity contribution is -0.142. The highest BCUT2D eigenvalue weighted by Gasteiger charge is 2.42. The molecule has 2 aliphatic heterocycles. The van der Waals surface area contributed by atoms with Crippen molar-refractivity contribution < 1.29 is 24.2 Å². The van der Waals surface area contributed by atoms with Crippen molar-refractivity contribution in [3.8, 4) is 11.1 Å². The van der Waals surface area contributed by atoms with E-state index in [0.717, 1.165) is 35.3 Å². The summed E-state index contributed by atoms with van der Waals surface area (Å²) < 4.78 is 5.53. The lowest BCUT2D eigenvalue weighted by Gasteiger charge is -2.25. The van der Waals surface area contributed by atoms with Gasteiger partial charge in [0.05, 0.1) is 6.42 Å². The molecule has 8 nitrogen and oxygen atoms in total. The Kier molecular flexibility index (Phi) is 6.00. The monoisotopic (exact) mass is 463 g/mol. The van der Waals surface area contributed by atoms with Gasteiger partial charge >= 0.3 is 12.1 Å². The first-order valence-corrected chi connectivity index (χ1v) is 11.7. The first-order chi connectivity index (χ1) is 16.4. The number of nitrogens with zero attached hydrogens (tertiary/aromatic N) is 2. The molecule has 3 unspecified atom stereocenters. The van der Waals surface area contributed by atoms with Crippen LogP contribution in [0.3, 0.4) is 0 Å². The number of ether oxygens (including phenoxy) is 1. The number of hydrogen-bond donors (Lipinski definition) is 2. The highest BCUT2D eigenvalue weighted by atomic mass is 16.5. The van der Waals surface area contributed by atoms with Gasteiger partial charge in [-0.1, -0.05) is 48.5 Å². The number of rotatable bonds is 6. The smallest absolute Gasteiger partial charge is 0.407 e. The first kappa shape index (κ1) is 22.4. The maximum Gasteiger partial charge on any atom is 0.407 e. The molecular formula is C26H29N3O5. The fraction of sp³-hybridized carbons (Fsp3) is 0.423. The summed E-state index contributed by atoms with van der Waals surface area (Å²) in [4.78, 5) is 41.1. The summed E-state index contributed by atoms with van der Waals surface area (Å²) in [6.07, 6.45) is -1.25. The minimum absolute atomic E-state index is 0.105. The minimum atomic E-state index is -1.15. The summed E-state index contributed by atoms with van der Waals surface area (Å²) in [5, 5.41) is 11.9. The number of hydrogen-bond acceptors (Lipinski definition) is 5. The zero-order chi connectivity index (χ0) is 23.8. The van der Waals surface area contributed by atoms with E-state index in [4.69, 9.17) is 4.74 Å². The maximum absolute atomic E-state index is 13.1. The second-order valence-corrected chi connectivity index (χ2v) is 9.60. The Morgan fingerprint density at radius 1 is 0.971 bits per heavy atom. The van der Waals surface area contributed by atoms with Gasteiger partial charge in [-0.05, 0) is 41.1 Å². The van der Waals surface area contributed by atoms with Crippen LogP contribution in [0.1, 0.15) is 23.5 Å². The molecule has 2 aromatic carbocycles. The molecule has 34 heavy (non-hydrogen) atoms. The number of carbonyl (C=O) groups excluding carboxylic acids is 2. The fourth-order valence-corrected chi connectivity index (χ4v) is 5.79. The highest BCUT2D eigenvalue weighted by Crippen LogP contribution is 2.44. The van der Waals surface area contributed by atoms with Crippen molar-refractivity contribution in [1.82, 2.24) is 15.1 Å². The molecule has 178 valence electrons. The third-order valence-corrected chi connectivity index (χ3v) is 7.29. The molecule has 3 atom stereocenters. The molecule has 2 amide bonds. The molecule has 1 aliphatic carbocycles. The number of carbonyl (C=O) groups is 3. The predicted molar refractivity (Wildman–Crippen MR) is 125 cm³/mol. The van der Waals surface area contributed by atoms with Gasteiger partial charge in [-0.3, -0.25) is 9.59 Å². The summed E-state index contributed by atoms with van der Waals surface area (Å²) >= 11 is 0. The summed E-state index contributed by atoms with van der Waals surface area (Å²) in [5.74, 6) is -0.811. The van der Waals surface area contributed by atoms with Crippen LogP contribution in [0.15, 0.2) is 48.5 Å². The number of benzene rings is 2. The quantitative estimate of drug-likeness (QED) is 0.683. The van der Waals surface area contributed by atoms with Crippen molar-refractivity contribution in [2.45, 2.75) is 18.4 Å². The number of aliphatic carboxylic acids is 1. The average molecular weight is 464 g/mol. The third-order valence-electron chi connectivity index (χ3n) is 7.29. The Balaban J connectivity index is 1.23. The van der Waals surface area contributed by atoms with Crippen LogP contribution in [0.2, 0.25) is 0 Å². The van der Waals surface area contributed by atoms with E-state index >= 15 is 0 Å². The topological polar surface area (TPSA) is 99.2 Å². The molecule has 2 fully saturated rings. The van der Waals surface area contributed by atoms with E-state index in [1.807, 2.05) is 36.4 Å². The SMILES string of the molecule is CN1CC2CN(C(=O)C(CC(=O)O)NC(=O)OCC3c4ccccc4-c4ccccc43)CC2C1. The predicted octanol–water partition coefficient (Wildman–Crippen LogP) is 2.39. The molecule has 8 heteroatoms. The van der Waals surface area contributed by atoms with Crippen molar-refractivity contribution in [3.63, 3.8) is 0 Å². The Labute approximate surface area is 198 Å². The molecule has 5 rings (SSSR count). The zero-order valence-corrected chi connectivity index (χ0v) is 19.1. The Bertz CT molecular complexity index is 1060. The van der Waals surface area contributed by atoms with Gasteiger partial charge in [0.1, 0.15) is 12.6 Å². The molecule has 3 aliphatic rings. The summed E-state index contributed by atoms with van der Waals surface area (Å²) in [6.45, 7) is 3.15. The molecule has 2 saturated heterocycles. The second-order valence-electron chi connectivity index (χ2n) is 9.60. The lowest BCUT2D eigenvalue weighted by atomic mass is 9.98. The molecule has 0 radical (unpaired) electrons. The van der Waals surface area contributed by atoms with E-state index in [9.17, 15) is 19.5 Å². The van der Waals surface area contributed by atoms with Crippen molar-refractivity contribution in [1.29, 1.82) is 0 Å². The Hall–Kier alpha value is -3.39. The van der Waals surface area contributed by atoms with Gasteiger partial charge in [-0.2, -0.15) is 0 Å². The molecule has 2 heterocycles. The van der Waals surface area contributed by atoms with E-state index in [-0.39, 0.29) is 18.4 Å².